The van der Waals surface area contributed by atoms with Gasteiger partial charge in [0, 0.05) is 31.0 Å². The largest absolute Gasteiger partial charge is 0.478 e. The molecule has 0 aromatic heterocycles. The minimum absolute atomic E-state index is 0.0306. The fourth-order valence-electron chi connectivity index (χ4n) is 7.69. The molecule has 0 bridgehead atoms. The number of carbonyl (C=O) groups is 3. The van der Waals surface area contributed by atoms with Crippen LogP contribution in [0.15, 0.2) is 72.8 Å². The number of halogens is 1. The van der Waals surface area contributed by atoms with Crippen LogP contribution < -0.4 is 10.2 Å². The molecule has 3 aliphatic heterocycles. The Bertz CT molecular complexity index is 1590. The molecule has 0 radical (unpaired) electrons. The number of hydrogen-bond donors (Lipinski definition) is 2. The molecule has 9 heteroatoms. The maximum atomic E-state index is 14.1. The number of benzene rings is 3. The molecule has 2 saturated heterocycles. The number of carboxylic acids is 1. The molecule has 2 N–H and O–H groups in total. The van der Waals surface area contributed by atoms with Gasteiger partial charge in [-0.2, -0.15) is 0 Å². The number of rotatable bonds is 8. The van der Waals surface area contributed by atoms with Crippen LogP contribution in [-0.4, -0.2) is 64.5 Å². The van der Waals surface area contributed by atoms with E-state index in [9.17, 15) is 23.9 Å². The molecule has 8 nitrogen and oxygen atoms in total. The summed E-state index contributed by atoms with van der Waals surface area (Å²) in [6.07, 6.45) is 4.20. The molecule has 2 atom stereocenters. The standard InChI is InChI=1S/C34H35FN4O4/c35-26-10-12-27(13-11-26)39-22-38(21-23-5-3-6-24(19-23)30(40)41)32(43)33(39)14-17-37(18-15-33)16-4-7-25-20-34(25)28-8-1-2-9-29(28)36-31(34)42/h1-3,5-6,8-13,19,25H,4,7,14-18,20-22H2,(H,36,42)(H,40,41). The van der Waals surface area contributed by atoms with Gasteiger partial charge in [0.25, 0.3) is 0 Å². The lowest BCUT2D eigenvalue weighted by atomic mass is 9.85. The van der Waals surface area contributed by atoms with Crippen LogP contribution in [-0.2, 0) is 21.5 Å². The lowest BCUT2D eigenvalue weighted by Crippen LogP contribution is -2.56. The van der Waals surface area contributed by atoms with E-state index in [4.69, 9.17) is 0 Å². The summed E-state index contributed by atoms with van der Waals surface area (Å²) in [7, 11) is 0. The zero-order chi connectivity index (χ0) is 29.8. The first-order valence-corrected chi connectivity index (χ1v) is 15.1. The van der Waals surface area contributed by atoms with Crippen molar-refractivity contribution in [3.05, 3.63) is 95.3 Å². The SMILES string of the molecule is O=C(O)c1cccc(CN2CN(c3ccc(F)cc3)C3(CCN(CCCC4CC45C(=O)Nc4ccccc45)CC3)C2=O)c1. The average Bonchev–Trinajstić information content (AvgIpc) is 3.60. The molecule has 3 heterocycles. The van der Waals surface area contributed by atoms with Crippen molar-refractivity contribution in [2.75, 3.05) is 36.5 Å². The summed E-state index contributed by atoms with van der Waals surface area (Å²) in [5.74, 6) is -0.788. The monoisotopic (exact) mass is 582 g/mol. The van der Waals surface area contributed by atoms with Crippen LogP contribution in [0.5, 0.6) is 0 Å². The quantitative estimate of drug-likeness (QED) is 0.394. The maximum absolute atomic E-state index is 14.1. The van der Waals surface area contributed by atoms with Gasteiger partial charge in [0.15, 0.2) is 0 Å². The third-order valence-electron chi connectivity index (χ3n) is 10.1. The lowest BCUT2D eigenvalue weighted by molar-refractivity contribution is -0.134. The smallest absolute Gasteiger partial charge is 0.335 e. The highest BCUT2D eigenvalue weighted by molar-refractivity contribution is 6.08. The van der Waals surface area contributed by atoms with Gasteiger partial charge in [-0.15, -0.1) is 0 Å². The molecule has 3 aromatic carbocycles. The number of anilines is 2. The van der Waals surface area contributed by atoms with Gasteiger partial charge in [-0.1, -0.05) is 30.3 Å². The van der Waals surface area contributed by atoms with E-state index >= 15 is 0 Å². The van der Waals surface area contributed by atoms with Crippen molar-refractivity contribution in [3.63, 3.8) is 0 Å². The number of nitrogens with zero attached hydrogens (tertiary/aromatic N) is 3. The number of para-hydroxylation sites is 1. The van der Waals surface area contributed by atoms with Gasteiger partial charge in [-0.05, 0) is 98.2 Å². The summed E-state index contributed by atoms with van der Waals surface area (Å²) >= 11 is 0. The number of fused-ring (bicyclic) bond motifs is 2. The summed E-state index contributed by atoms with van der Waals surface area (Å²) in [6.45, 7) is 3.12. The number of likely N-dealkylation sites (tertiary alicyclic amines) is 1. The van der Waals surface area contributed by atoms with Gasteiger partial charge < -0.3 is 25.1 Å². The Kier molecular flexibility index (Phi) is 6.73. The number of hydrogen-bond acceptors (Lipinski definition) is 5. The number of carbonyl (C=O) groups excluding carboxylic acids is 2. The van der Waals surface area contributed by atoms with E-state index in [2.05, 4.69) is 21.2 Å². The van der Waals surface area contributed by atoms with Crippen LogP contribution in [0.3, 0.4) is 0 Å². The van der Waals surface area contributed by atoms with Crippen molar-refractivity contribution < 1.29 is 23.9 Å². The number of aromatic carboxylic acids is 1. The van der Waals surface area contributed by atoms with Crippen molar-refractivity contribution in [1.29, 1.82) is 0 Å². The third-order valence-corrected chi connectivity index (χ3v) is 10.1. The van der Waals surface area contributed by atoms with Crippen molar-refractivity contribution >= 4 is 29.2 Å². The van der Waals surface area contributed by atoms with Gasteiger partial charge in [-0.3, -0.25) is 9.59 Å². The van der Waals surface area contributed by atoms with Crippen molar-refractivity contribution in [3.8, 4) is 0 Å². The fraction of sp³-hybridized carbons (Fsp3) is 0.382. The normalized spacial score (nSPS) is 24.1. The Balaban J connectivity index is 1.01. The van der Waals surface area contributed by atoms with Crippen LogP contribution in [0.4, 0.5) is 15.8 Å². The Hall–Kier alpha value is -4.24. The van der Waals surface area contributed by atoms with Crippen molar-refractivity contribution in [2.45, 2.75) is 49.6 Å². The molecule has 3 aromatic rings. The second-order valence-electron chi connectivity index (χ2n) is 12.4. The van der Waals surface area contributed by atoms with Crippen LogP contribution in [0.2, 0.25) is 0 Å². The molecule has 43 heavy (non-hydrogen) atoms. The van der Waals surface area contributed by atoms with Crippen LogP contribution >= 0.6 is 0 Å². The van der Waals surface area contributed by atoms with Gasteiger partial charge in [0.2, 0.25) is 11.8 Å². The Morgan fingerprint density at radius 3 is 2.53 bits per heavy atom. The summed E-state index contributed by atoms with van der Waals surface area (Å²) in [5, 5.41) is 12.5. The minimum Gasteiger partial charge on any atom is -0.478 e. The van der Waals surface area contributed by atoms with E-state index < -0.39 is 11.5 Å². The van der Waals surface area contributed by atoms with Crippen LogP contribution in [0.1, 0.15) is 53.6 Å². The predicted molar refractivity (Wildman–Crippen MR) is 160 cm³/mol. The highest BCUT2D eigenvalue weighted by atomic mass is 19.1. The first kappa shape index (κ1) is 27.6. The molecule has 1 aliphatic carbocycles. The second kappa shape index (κ2) is 10.5. The molecule has 2 amide bonds. The number of piperidine rings is 1. The first-order chi connectivity index (χ1) is 20.8. The minimum atomic E-state index is -1.00. The highest BCUT2D eigenvalue weighted by Crippen LogP contribution is 2.61. The molecular formula is C34H35FN4O4. The Morgan fingerprint density at radius 1 is 1.00 bits per heavy atom. The number of nitrogens with one attached hydrogen (secondary N) is 1. The zero-order valence-corrected chi connectivity index (χ0v) is 24.0. The highest BCUT2D eigenvalue weighted by Gasteiger charge is 2.63. The topological polar surface area (TPSA) is 93.2 Å². The van der Waals surface area contributed by atoms with E-state index in [1.165, 1.54) is 12.1 Å². The molecule has 3 fully saturated rings. The molecule has 222 valence electrons. The number of amides is 2. The molecule has 1 saturated carbocycles. The van der Waals surface area contributed by atoms with Crippen molar-refractivity contribution in [2.24, 2.45) is 5.92 Å². The van der Waals surface area contributed by atoms with E-state index in [0.29, 0.717) is 32.0 Å². The van der Waals surface area contributed by atoms with Gasteiger partial charge in [-0.25, -0.2) is 9.18 Å². The first-order valence-electron chi connectivity index (χ1n) is 15.1. The zero-order valence-electron chi connectivity index (χ0n) is 24.0. The molecule has 2 unspecified atom stereocenters. The van der Waals surface area contributed by atoms with Gasteiger partial charge in [0.05, 0.1) is 17.6 Å². The Labute approximate surface area is 250 Å². The van der Waals surface area contributed by atoms with Gasteiger partial charge >= 0.3 is 5.97 Å². The Morgan fingerprint density at radius 2 is 1.77 bits per heavy atom. The molecule has 2 spiro atoms. The molecule has 7 rings (SSSR count). The summed E-state index contributed by atoms with van der Waals surface area (Å²) in [6, 6.07) is 21.0. The van der Waals surface area contributed by atoms with Gasteiger partial charge in [0.1, 0.15) is 11.4 Å². The lowest BCUT2D eigenvalue weighted by Gasteiger charge is -2.43. The number of carboxylic acid groups (broad SMARTS) is 1. The predicted octanol–water partition coefficient (Wildman–Crippen LogP) is 4.86. The second-order valence-corrected chi connectivity index (χ2v) is 12.4. The molecular weight excluding hydrogens is 547 g/mol. The average molecular weight is 583 g/mol. The van der Waals surface area contributed by atoms with E-state index in [-0.39, 0.29) is 28.6 Å². The summed E-state index contributed by atoms with van der Waals surface area (Å²) in [4.78, 5) is 44.7. The molecule has 4 aliphatic rings. The van der Waals surface area contributed by atoms with E-state index in [1.807, 2.05) is 24.3 Å². The van der Waals surface area contributed by atoms with E-state index in [0.717, 1.165) is 61.4 Å². The van der Waals surface area contributed by atoms with Crippen LogP contribution in [0, 0.1) is 11.7 Å². The fourth-order valence-corrected chi connectivity index (χ4v) is 7.69. The van der Waals surface area contributed by atoms with Crippen molar-refractivity contribution in [1.82, 2.24) is 9.80 Å². The maximum Gasteiger partial charge on any atom is 0.335 e. The van der Waals surface area contributed by atoms with Crippen LogP contribution in [0.25, 0.3) is 0 Å². The summed E-state index contributed by atoms with van der Waals surface area (Å²) in [5.41, 5.74) is 2.78. The summed E-state index contributed by atoms with van der Waals surface area (Å²) < 4.78 is 13.8. The van der Waals surface area contributed by atoms with E-state index in [1.54, 1.807) is 35.2 Å². The third kappa shape index (κ3) is 4.66.